The van der Waals surface area contributed by atoms with Gasteiger partial charge in [0, 0.05) is 17.9 Å². The molecule has 1 unspecified atom stereocenters. The number of aromatic nitrogens is 2. The summed E-state index contributed by atoms with van der Waals surface area (Å²) in [6.07, 6.45) is 10.9. The van der Waals surface area contributed by atoms with Crippen molar-refractivity contribution in [2.75, 3.05) is 6.61 Å². The zero-order valence-electron chi connectivity index (χ0n) is 12.9. The van der Waals surface area contributed by atoms with Crippen molar-refractivity contribution in [1.82, 2.24) is 9.97 Å². The Bertz CT molecular complexity index is 486. The maximum absolute atomic E-state index is 6.42. The van der Waals surface area contributed by atoms with Crippen LogP contribution in [0, 0.1) is 5.92 Å². The molecule has 21 heavy (non-hydrogen) atoms. The molecule has 0 bridgehead atoms. The van der Waals surface area contributed by atoms with Crippen LogP contribution in [0.4, 0.5) is 0 Å². The highest BCUT2D eigenvalue weighted by Crippen LogP contribution is 2.37. The predicted octanol–water partition coefficient (Wildman–Crippen LogP) is 4.67. The topological polar surface area (TPSA) is 35.0 Å². The lowest BCUT2D eigenvalue weighted by Gasteiger charge is -2.30. The van der Waals surface area contributed by atoms with E-state index in [0.29, 0.717) is 17.7 Å². The molecule has 1 aromatic rings. The molecule has 0 saturated heterocycles. The van der Waals surface area contributed by atoms with Crippen molar-refractivity contribution in [3.8, 4) is 0 Å². The Labute approximate surface area is 132 Å². The van der Waals surface area contributed by atoms with Crippen molar-refractivity contribution < 1.29 is 4.74 Å². The largest absolute Gasteiger partial charge is 0.370 e. The van der Waals surface area contributed by atoms with Crippen LogP contribution in [-0.2, 0) is 17.6 Å². The third-order valence-corrected chi connectivity index (χ3v) is 5.14. The first-order valence-corrected chi connectivity index (χ1v) is 8.84. The van der Waals surface area contributed by atoms with Gasteiger partial charge in [0.2, 0.25) is 0 Å². The first-order valence-electron chi connectivity index (χ1n) is 8.46. The van der Waals surface area contributed by atoms with Gasteiger partial charge in [-0.15, -0.1) is 0 Å². The van der Waals surface area contributed by atoms with Crippen molar-refractivity contribution >= 4 is 11.6 Å². The molecule has 0 N–H and O–H groups in total. The van der Waals surface area contributed by atoms with Gasteiger partial charge in [-0.1, -0.05) is 30.9 Å². The molecule has 0 aromatic carbocycles. The highest BCUT2D eigenvalue weighted by atomic mass is 35.5. The minimum Gasteiger partial charge on any atom is -0.370 e. The van der Waals surface area contributed by atoms with Gasteiger partial charge >= 0.3 is 0 Å². The average Bonchev–Trinajstić information content (AvgIpc) is 2.53. The summed E-state index contributed by atoms with van der Waals surface area (Å²) >= 11 is 6.42. The second-order valence-corrected chi connectivity index (χ2v) is 6.64. The molecule has 0 amide bonds. The zero-order chi connectivity index (χ0) is 14.7. The molecule has 0 spiro atoms. The van der Waals surface area contributed by atoms with Gasteiger partial charge in [0.05, 0.1) is 0 Å². The predicted molar refractivity (Wildman–Crippen MR) is 84.6 cm³/mol. The lowest BCUT2D eigenvalue weighted by atomic mass is 9.84. The summed E-state index contributed by atoms with van der Waals surface area (Å²) < 4.78 is 6.03. The molecule has 2 aliphatic carbocycles. The van der Waals surface area contributed by atoms with E-state index in [1.807, 2.05) is 0 Å². The summed E-state index contributed by atoms with van der Waals surface area (Å²) in [4.78, 5) is 9.46. The molecule has 4 heteroatoms. The average molecular weight is 309 g/mol. The number of ether oxygens (including phenoxy) is 1. The van der Waals surface area contributed by atoms with Crippen molar-refractivity contribution in [1.29, 1.82) is 0 Å². The fourth-order valence-corrected chi connectivity index (χ4v) is 4.02. The number of fused-ring (bicyclic) bond motifs is 1. The Balaban J connectivity index is 1.89. The second kappa shape index (κ2) is 7.06. The van der Waals surface area contributed by atoms with Crippen LogP contribution in [0.25, 0.3) is 0 Å². The van der Waals surface area contributed by atoms with Crippen molar-refractivity contribution in [3.05, 3.63) is 22.2 Å². The summed E-state index contributed by atoms with van der Waals surface area (Å²) in [6.45, 7) is 2.76. The summed E-state index contributed by atoms with van der Waals surface area (Å²) in [5.74, 6) is 1.38. The standard InChI is InChI=1S/C17H25ClN2O/c1-2-21-15(12-8-4-3-5-9-12)17-19-14-11-7-6-10-13(14)16(18)20-17/h12,15H,2-11H2,1H3. The number of aryl methyl sites for hydroxylation is 1. The summed E-state index contributed by atoms with van der Waals surface area (Å²) in [5, 5.41) is 0.662. The molecular weight excluding hydrogens is 284 g/mol. The third-order valence-electron chi connectivity index (χ3n) is 4.83. The summed E-state index contributed by atoms with van der Waals surface area (Å²) in [7, 11) is 0. The molecule has 1 atom stereocenters. The van der Waals surface area contributed by atoms with E-state index in [1.54, 1.807) is 0 Å². The SMILES string of the molecule is CCOC(c1nc(Cl)c2c(n1)CCCC2)C1CCCCC1. The fourth-order valence-electron chi connectivity index (χ4n) is 3.73. The third kappa shape index (κ3) is 3.40. The van der Waals surface area contributed by atoms with E-state index in [-0.39, 0.29) is 6.10 Å². The minimum atomic E-state index is 0.0278. The Hall–Kier alpha value is -0.670. The normalized spacial score (nSPS) is 21.0. The molecule has 0 radical (unpaired) electrons. The van der Waals surface area contributed by atoms with Gasteiger partial charge in [0.15, 0.2) is 5.82 Å². The first kappa shape index (κ1) is 15.2. The van der Waals surface area contributed by atoms with E-state index in [0.717, 1.165) is 24.4 Å². The Morgan fingerprint density at radius 2 is 1.86 bits per heavy atom. The van der Waals surface area contributed by atoms with Gasteiger partial charge in [0.1, 0.15) is 11.3 Å². The molecule has 1 fully saturated rings. The number of nitrogens with zero attached hydrogens (tertiary/aromatic N) is 2. The smallest absolute Gasteiger partial charge is 0.159 e. The Kier molecular flexibility index (Phi) is 5.12. The van der Waals surface area contributed by atoms with Gasteiger partial charge in [-0.05, 0) is 51.4 Å². The van der Waals surface area contributed by atoms with Crippen LogP contribution < -0.4 is 0 Å². The highest BCUT2D eigenvalue weighted by Gasteiger charge is 2.29. The number of hydrogen-bond acceptors (Lipinski definition) is 3. The number of halogens is 1. The minimum absolute atomic E-state index is 0.0278. The van der Waals surface area contributed by atoms with E-state index in [1.165, 1.54) is 50.5 Å². The van der Waals surface area contributed by atoms with Gasteiger partial charge < -0.3 is 4.74 Å². The van der Waals surface area contributed by atoms with Crippen LogP contribution >= 0.6 is 11.6 Å². The zero-order valence-corrected chi connectivity index (χ0v) is 13.7. The molecular formula is C17H25ClN2O. The highest BCUT2D eigenvalue weighted by molar-refractivity contribution is 6.30. The first-order chi connectivity index (χ1) is 10.3. The Morgan fingerprint density at radius 3 is 2.62 bits per heavy atom. The van der Waals surface area contributed by atoms with Crippen LogP contribution in [0.5, 0.6) is 0 Å². The van der Waals surface area contributed by atoms with E-state index in [2.05, 4.69) is 11.9 Å². The molecule has 3 nitrogen and oxygen atoms in total. The van der Waals surface area contributed by atoms with Crippen LogP contribution in [-0.4, -0.2) is 16.6 Å². The van der Waals surface area contributed by atoms with Crippen molar-refractivity contribution in [3.63, 3.8) is 0 Å². The quantitative estimate of drug-likeness (QED) is 0.758. The maximum Gasteiger partial charge on any atom is 0.159 e. The van der Waals surface area contributed by atoms with Crippen LogP contribution in [0.15, 0.2) is 0 Å². The van der Waals surface area contributed by atoms with E-state index >= 15 is 0 Å². The monoisotopic (exact) mass is 308 g/mol. The molecule has 2 aliphatic rings. The van der Waals surface area contributed by atoms with Crippen LogP contribution in [0.3, 0.4) is 0 Å². The van der Waals surface area contributed by atoms with Crippen molar-refractivity contribution in [2.24, 2.45) is 5.92 Å². The van der Waals surface area contributed by atoms with E-state index in [4.69, 9.17) is 21.3 Å². The second-order valence-electron chi connectivity index (χ2n) is 6.28. The number of hydrogen-bond donors (Lipinski definition) is 0. The van der Waals surface area contributed by atoms with E-state index < -0.39 is 0 Å². The lowest BCUT2D eigenvalue weighted by molar-refractivity contribution is -0.000372. The van der Waals surface area contributed by atoms with Gasteiger partial charge in [-0.3, -0.25) is 0 Å². The molecule has 116 valence electrons. The van der Waals surface area contributed by atoms with Gasteiger partial charge in [-0.25, -0.2) is 9.97 Å². The molecule has 0 aliphatic heterocycles. The number of rotatable bonds is 4. The van der Waals surface area contributed by atoms with Crippen LogP contribution in [0.2, 0.25) is 5.15 Å². The van der Waals surface area contributed by atoms with Crippen molar-refractivity contribution in [2.45, 2.75) is 70.8 Å². The Morgan fingerprint density at radius 1 is 1.10 bits per heavy atom. The fraction of sp³-hybridized carbons (Fsp3) is 0.765. The molecule has 1 heterocycles. The van der Waals surface area contributed by atoms with E-state index in [9.17, 15) is 0 Å². The van der Waals surface area contributed by atoms with Crippen LogP contribution in [0.1, 0.15) is 75.1 Å². The lowest BCUT2D eigenvalue weighted by Crippen LogP contribution is -2.23. The maximum atomic E-state index is 6.42. The van der Waals surface area contributed by atoms with Gasteiger partial charge in [-0.2, -0.15) is 0 Å². The molecule has 1 saturated carbocycles. The molecule has 1 aromatic heterocycles. The van der Waals surface area contributed by atoms with Gasteiger partial charge in [0.25, 0.3) is 0 Å². The summed E-state index contributed by atoms with van der Waals surface area (Å²) in [5.41, 5.74) is 2.34. The molecule has 3 rings (SSSR count). The summed E-state index contributed by atoms with van der Waals surface area (Å²) in [6, 6.07) is 0.